The highest BCUT2D eigenvalue weighted by Crippen LogP contribution is 2.66. The van der Waals surface area contributed by atoms with Crippen LogP contribution in [0.4, 0.5) is 4.39 Å². The van der Waals surface area contributed by atoms with Crippen LogP contribution in [0.5, 0.6) is 0 Å². The number of hydrogen-bond acceptors (Lipinski definition) is 0. The predicted molar refractivity (Wildman–Crippen MR) is 99.0 cm³/mol. The summed E-state index contributed by atoms with van der Waals surface area (Å²) in [7, 11) is 0. The molecular formula is C21H43F. The number of halogens is 1. The third kappa shape index (κ3) is 2.98. The van der Waals surface area contributed by atoms with Gasteiger partial charge in [-0.2, -0.15) is 0 Å². The zero-order valence-corrected chi connectivity index (χ0v) is 17.8. The highest BCUT2D eigenvalue weighted by atomic mass is 19.1. The Labute approximate surface area is 140 Å². The lowest BCUT2D eigenvalue weighted by Gasteiger charge is -2.64. The molecule has 0 aliphatic rings. The van der Waals surface area contributed by atoms with E-state index in [1.807, 2.05) is 0 Å². The predicted octanol–water partition coefficient (Wildman–Crippen LogP) is 7.67. The maximum Gasteiger partial charge on any atom is 0.111 e. The fourth-order valence-corrected chi connectivity index (χ4v) is 4.09. The molecule has 0 nitrogen and oxygen atoms in total. The quantitative estimate of drug-likeness (QED) is 0.452. The molecule has 0 aliphatic carbocycles. The minimum Gasteiger partial charge on any atom is -0.244 e. The van der Waals surface area contributed by atoms with E-state index in [1.165, 1.54) is 12.8 Å². The van der Waals surface area contributed by atoms with Crippen molar-refractivity contribution in [3.63, 3.8) is 0 Å². The second kappa shape index (κ2) is 5.78. The summed E-state index contributed by atoms with van der Waals surface area (Å²) in [5, 5.41) is 0. The second-order valence-electron chi connectivity index (χ2n) is 10.6. The Morgan fingerprint density at radius 3 is 1.14 bits per heavy atom. The van der Waals surface area contributed by atoms with Crippen LogP contribution in [0.3, 0.4) is 0 Å². The van der Waals surface area contributed by atoms with Crippen molar-refractivity contribution >= 4 is 0 Å². The van der Waals surface area contributed by atoms with Crippen molar-refractivity contribution in [2.24, 2.45) is 27.1 Å². The SMILES string of the molecule is CCCC(C)(C)C(C)(C)C(C)(C)C(C)(C)C(C)(C)C(C)(C)F. The largest absolute Gasteiger partial charge is 0.244 e. The van der Waals surface area contributed by atoms with E-state index in [4.69, 9.17) is 0 Å². The van der Waals surface area contributed by atoms with Crippen LogP contribution < -0.4 is 0 Å². The van der Waals surface area contributed by atoms with Crippen molar-refractivity contribution in [2.45, 2.75) is 109 Å². The molecule has 0 rings (SSSR count). The van der Waals surface area contributed by atoms with E-state index < -0.39 is 11.1 Å². The molecule has 0 fully saturated rings. The van der Waals surface area contributed by atoms with Gasteiger partial charge in [0.05, 0.1) is 0 Å². The van der Waals surface area contributed by atoms with Crippen LogP contribution in [0, 0.1) is 27.1 Å². The van der Waals surface area contributed by atoms with E-state index in [0.717, 1.165) is 0 Å². The van der Waals surface area contributed by atoms with E-state index in [-0.39, 0.29) is 21.7 Å². The maximum absolute atomic E-state index is 15.0. The van der Waals surface area contributed by atoms with Crippen molar-refractivity contribution in [1.82, 2.24) is 0 Å². The lowest BCUT2D eigenvalue weighted by molar-refractivity contribution is -0.177. The minimum absolute atomic E-state index is 0.0223. The summed E-state index contributed by atoms with van der Waals surface area (Å²) < 4.78 is 15.0. The summed E-state index contributed by atoms with van der Waals surface area (Å²) in [6, 6.07) is 0. The van der Waals surface area contributed by atoms with Gasteiger partial charge >= 0.3 is 0 Å². The summed E-state index contributed by atoms with van der Waals surface area (Å²) in [4.78, 5) is 0. The first-order chi connectivity index (χ1) is 9.31. The van der Waals surface area contributed by atoms with Crippen LogP contribution in [-0.4, -0.2) is 5.67 Å². The fraction of sp³-hybridized carbons (Fsp3) is 1.00. The molecule has 0 unspecified atom stereocenters. The molecule has 0 aromatic rings. The smallest absolute Gasteiger partial charge is 0.111 e. The van der Waals surface area contributed by atoms with Crippen molar-refractivity contribution in [3.8, 4) is 0 Å². The Kier molecular flexibility index (Phi) is 5.76. The van der Waals surface area contributed by atoms with E-state index >= 15 is 4.39 Å². The Balaban J connectivity index is 6.11. The first kappa shape index (κ1) is 21.9. The molecule has 0 amide bonds. The third-order valence-electron chi connectivity index (χ3n) is 8.74. The molecule has 22 heavy (non-hydrogen) atoms. The lowest BCUT2D eigenvalue weighted by Crippen LogP contribution is -2.60. The van der Waals surface area contributed by atoms with Crippen molar-refractivity contribution in [3.05, 3.63) is 0 Å². The average molecular weight is 315 g/mol. The Hall–Kier alpha value is -0.0700. The van der Waals surface area contributed by atoms with Gasteiger partial charge in [0.25, 0.3) is 0 Å². The summed E-state index contributed by atoms with van der Waals surface area (Å²) in [6.07, 6.45) is 2.38. The molecule has 0 aromatic heterocycles. The van der Waals surface area contributed by atoms with Crippen LogP contribution in [0.25, 0.3) is 0 Å². The highest BCUT2D eigenvalue weighted by Gasteiger charge is 2.61. The molecule has 0 N–H and O–H groups in total. The van der Waals surface area contributed by atoms with Gasteiger partial charge in [-0.25, -0.2) is 4.39 Å². The molecule has 0 saturated carbocycles. The minimum atomic E-state index is -1.22. The highest BCUT2D eigenvalue weighted by molar-refractivity contribution is 5.10. The second-order valence-corrected chi connectivity index (χ2v) is 10.6. The standard InChI is InChI=1S/C21H43F/c1-14-15-16(2,3)17(4,5)18(6,7)19(8,9)20(10,11)21(12,13)22/h14-15H2,1-13H3. The van der Waals surface area contributed by atoms with Crippen LogP contribution in [0.1, 0.15) is 103 Å². The average Bonchev–Trinajstić information content (AvgIpc) is 2.26. The fourth-order valence-electron chi connectivity index (χ4n) is 4.09. The summed E-state index contributed by atoms with van der Waals surface area (Å²) in [6.45, 7) is 28.6. The zero-order valence-electron chi connectivity index (χ0n) is 17.8. The summed E-state index contributed by atoms with van der Waals surface area (Å²) >= 11 is 0. The summed E-state index contributed by atoms with van der Waals surface area (Å²) in [5.74, 6) is 0. The van der Waals surface area contributed by atoms with E-state index in [0.29, 0.717) is 0 Å². The van der Waals surface area contributed by atoms with Crippen molar-refractivity contribution in [1.29, 1.82) is 0 Å². The molecular weight excluding hydrogens is 271 g/mol. The van der Waals surface area contributed by atoms with Crippen LogP contribution in [0.15, 0.2) is 0 Å². The topological polar surface area (TPSA) is 0 Å². The molecule has 0 radical (unpaired) electrons. The normalized spacial score (nSPS) is 16.1. The molecule has 0 atom stereocenters. The summed E-state index contributed by atoms with van der Waals surface area (Å²) in [5.41, 5.74) is -1.54. The van der Waals surface area contributed by atoms with Crippen LogP contribution in [0.2, 0.25) is 0 Å². The number of rotatable bonds is 7. The van der Waals surface area contributed by atoms with Gasteiger partial charge in [-0.1, -0.05) is 82.6 Å². The molecule has 0 aromatic carbocycles. The zero-order chi connectivity index (χ0) is 18.4. The van der Waals surface area contributed by atoms with Gasteiger partial charge in [0, 0.05) is 5.41 Å². The molecule has 0 saturated heterocycles. The molecule has 0 bridgehead atoms. The first-order valence-corrected chi connectivity index (χ1v) is 9.00. The molecule has 0 heterocycles. The first-order valence-electron chi connectivity index (χ1n) is 9.00. The van der Waals surface area contributed by atoms with Gasteiger partial charge in [0.2, 0.25) is 0 Å². The molecule has 0 aliphatic heterocycles. The van der Waals surface area contributed by atoms with Crippen LogP contribution in [-0.2, 0) is 0 Å². The monoisotopic (exact) mass is 314 g/mol. The van der Waals surface area contributed by atoms with Gasteiger partial charge in [0.1, 0.15) is 5.67 Å². The Morgan fingerprint density at radius 1 is 0.545 bits per heavy atom. The van der Waals surface area contributed by atoms with Gasteiger partial charge in [-0.05, 0) is 41.9 Å². The van der Waals surface area contributed by atoms with E-state index in [2.05, 4.69) is 76.2 Å². The Bertz CT molecular complexity index is 375. The van der Waals surface area contributed by atoms with Gasteiger partial charge in [0.15, 0.2) is 0 Å². The maximum atomic E-state index is 15.0. The molecule has 0 spiro atoms. The Morgan fingerprint density at radius 2 is 0.864 bits per heavy atom. The van der Waals surface area contributed by atoms with Gasteiger partial charge < -0.3 is 0 Å². The van der Waals surface area contributed by atoms with Crippen LogP contribution >= 0.6 is 0 Å². The van der Waals surface area contributed by atoms with E-state index in [9.17, 15) is 0 Å². The number of hydrogen-bond donors (Lipinski definition) is 0. The molecule has 1 heteroatoms. The lowest BCUT2D eigenvalue weighted by atomic mass is 9.40. The third-order valence-corrected chi connectivity index (χ3v) is 8.74. The van der Waals surface area contributed by atoms with Gasteiger partial charge in [-0.3, -0.25) is 0 Å². The van der Waals surface area contributed by atoms with E-state index in [1.54, 1.807) is 13.8 Å². The van der Waals surface area contributed by atoms with Crippen molar-refractivity contribution in [2.75, 3.05) is 0 Å². The number of alkyl halides is 1. The van der Waals surface area contributed by atoms with Gasteiger partial charge in [-0.15, -0.1) is 0 Å². The van der Waals surface area contributed by atoms with Crippen molar-refractivity contribution < 1.29 is 4.39 Å². The molecule has 134 valence electrons.